The molecule has 2 aromatic carbocycles. The molecule has 0 N–H and O–H groups in total. The number of ether oxygens (including phenoxy) is 2. The Balaban J connectivity index is 2.32. The first-order valence-corrected chi connectivity index (χ1v) is 11.0. The predicted octanol–water partition coefficient (Wildman–Crippen LogP) is 3.48. The number of rotatable bonds is 7. The van der Waals surface area contributed by atoms with Gasteiger partial charge < -0.3 is 14.0 Å². The van der Waals surface area contributed by atoms with Crippen LogP contribution in [0.1, 0.15) is 20.7 Å². The molecule has 15 heteroatoms. The van der Waals surface area contributed by atoms with Gasteiger partial charge in [-0.2, -0.15) is 8.78 Å². The molecule has 0 aliphatic carbocycles. The van der Waals surface area contributed by atoms with Crippen LogP contribution in [0, 0.1) is 13.7 Å². The first-order valence-electron chi connectivity index (χ1n) is 7.69. The fraction of sp³-hybridized carbons (Fsp3) is 0.125. The Hall–Kier alpha value is -2.24. The zero-order chi connectivity index (χ0) is 23.6. The summed E-state index contributed by atoms with van der Waals surface area (Å²) < 4.78 is 68.0. The molecule has 2 aromatic rings. The van der Waals surface area contributed by atoms with E-state index >= 15 is 0 Å². The number of halogens is 4. The molecule has 0 aliphatic heterocycles. The summed E-state index contributed by atoms with van der Waals surface area (Å²) in [6.45, 7) is -2.16. The van der Waals surface area contributed by atoms with Gasteiger partial charge in [0.2, 0.25) is 0 Å². The fourth-order valence-corrected chi connectivity index (χ4v) is 3.12. The highest BCUT2D eigenvalue weighted by Crippen LogP contribution is 2.28. The van der Waals surface area contributed by atoms with Crippen molar-refractivity contribution in [3.8, 4) is 5.75 Å². The molecule has 0 radical (unpaired) electrons. The quantitative estimate of drug-likeness (QED) is 0.111. The molecule has 0 unspecified atom stereocenters. The number of alkyl halides is 2. The highest BCUT2D eigenvalue weighted by Gasteiger charge is 2.40. The predicted molar refractivity (Wildman–Crippen MR) is 110 cm³/mol. The lowest BCUT2D eigenvalue weighted by Crippen LogP contribution is -2.34. The van der Waals surface area contributed by atoms with E-state index in [0.29, 0.717) is 14.1 Å². The van der Waals surface area contributed by atoms with Crippen molar-refractivity contribution in [2.45, 2.75) is 5.25 Å². The Bertz CT molecular complexity index is 1170. The number of nitro groups is 1. The van der Waals surface area contributed by atoms with Gasteiger partial charge in [0, 0.05) is 20.2 Å². The average Bonchev–Trinajstić information content (AvgIpc) is 2.66. The van der Waals surface area contributed by atoms with Gasteiger partial charge in [-0.25, -0.2) is 18.0 Å². The Labute approximate surface area is 194 Å². The lowest BCUT2D eigenvalue weighted by Gasteiger charge is -2.19. The summed E-state index contributed by atoms with van der Waals surface area (Å²) in [5.74, 6) is -3.00. The van der Waals surface area contributed by atoms with Crippen molar-refractivity contribution in [3.05, 3.63) is 65.7 Å². The topological polar surface area (TPSA) is 153 Å². The van der Waals surface area contributed by atoms with Gasteiger partial charge in [0.1, 0.15) is 11.3 Å². The fourth-order valence-electron chi connectivity index (χ4n) is 2.02. The lowest BCUT2D eigenvalue weighted by molar-refractivity contribution is -0.385. The SMILES string of the molecule is O=C(Oc1ccc([N+](=O)[O-])c(C(=O)OCC(F)(F)S(=O)(=O)[O-])c1)c1cc(I)ccc1Br. The Kier molecular flexibility index (Phi) is 7.66. The van der Waals surface area contributed by atoms with Gasteiger partial charge in [0.15, 0.2) is 16.7 Å². The minimum absolute atomic E-state index is 0.0923. The molecule has 0 saturated heterocycles. The summed E-state index contributed by atoms with van der Waals surface area (Å²) in [7, 11) is -6.14. The maximum atomic E-state index is 13.2. The molecule has 0 aliphatic rings. The molecule has 10 nitrogen and oxygen atoms in total. The molecule has 0 spiro atoms. The van der Waals surface area contributed by atoms with Crippen molar-refractivity contribution in [3.63, 3.8) is 0 Å². The number of esters is 2. The first kappa shape index (κ1) is 25.0. The molecule has 0 aromatic heterocycles. The summed E-state index contributed by atoms with van der Waals surface area (Å²) in [5.41, 5.74) is -1.71. The van der Waals surface area contributed by atoms with Gasteiger partial charge in [0.25, 0.3) is 5.69 Å². The van der Waals surface area contributed by atoms with Crippen molar-refractivity contribution in [1.82, 2.24) is 0 Å². The van der Waals surface area contributed by atoms with Crippen LogP contribution in [-0.2, 0) is 14.9 Å². The summed E-state index contributed by atoms with van der Waals surface area (Å²) >= 11 is 5.10. The molecule has 0 atom stereocenters. The molecule has 0 bridgehead atoms. The largest absolute Gasteiger partial charge is 0.743 e. The van der Waals surface area contributed by atoms with E-state index in [-0.39, 0.29) is 11.3 Å². The van der Waals surface area contributed by atoms with Gasteiger partial charge in [-0.05, 0) is 62.8 Å². The standard InChI is InChI=1S/C16H9BrF2INO9S/c17-12-3-1-8(20)5-10(12)15(23)30-9-2-4-13(21(24)25)11(6-9)14(22)29-7-16(18,19)31(26,27)28/h1-6H,7H2,(H,26,27,28)/p-1. The number of hydrogen-bond donors (Lipinski definition) is 0. The van der Waals surface area contributed by atoms with Crippen molar-refractivity contribution in [2.24, 2.45) is 0 Å². The smallest absolute Gasteiger partial charge is 0.367 e. The summed E-state index contributed by atoms with van der Waals surface area (Å²) in [4.78, 5) is 34.5. The van der Waals surface area contributed by atoms with E-state index in [1.54, 1.807) is 12.1 Å². The van der Waals surface area contributed by atoms with Crippen LogP contribution in [0.25, 0.3) is 0 Å². The van der Waals surface area contributed by atoms with E-state index < -0.39 is 50.1 Å². The van der Waals surface area contributed by atoms with Crippen molar-refractivity contribution >= 4 is 66.3 Å². The van der Waals surface area contributed by atoms with Crippen molar-refractivity contribution in [2.75, 3.05) is 6.61 Å². The zero-order valence-electron chi connectivity index (χ0n) is 14.7. The number of nitrogens with zero attached hydrogens (tertiary/aromatic N) is 1. The molecule has 0 fully saturated rings. The summed E-state index contributed by atoms with van der Waals surface area (Å²) in [6.07, 6.45) is 0. The molecule has 31 heavy (non-hydrogen) atoms. The van der Waals surface area contributed by atoms with Gasteiger partial charge in [-0.1, -0.05) is 0 Å². The highest BCUT2D eigenvalue weighted by molar-refractivity contribution is 14.1. The number of carbonyl (C=O) groups is 2. The normalized spacial score (nSPS) is 11.6. The minimum atomic E-state index is -6.14. The van der Waals surface area contributed by atoms with Crippen LogP contribution < -0.4 is 4.74 Å². The third kappa shape index (κ3) is 6.14. The van der Waals surface area contributed by atoms with Crippen LogP contribution >= 0.6 is 38.5 Å². The second kappa shape index (κ2) is 9.49. The van der Waals surface area contributed by atoms with E-state index in [1.165, 1.54) is 6.07 Å². The molecular formula is C16H8BrF2INO9S-. The van der Waals surface area contributed by atoms with Crippen LogP contribution in [-0.4, -0.2) is 41.7 Å². The molecule has 0 heterocycles. The summed E-state index contributed by atoms with van der Waals surface area (Å²) in [6, 6.07) is 7.15. The van der Waals surface area contributed by atoms with Crippen LogP contribution in [0.3, 0.4) is 0 Å². The third-order valence-corrected chi connectivity index (χ3v) is 5.69. The second-order valence-corrected chi connectivity index (χ2v) is 9.22. The van der Waals surface area contributed by atoms with E-state index in [2.05, 4.69) is 20.7 Å². The van der Waals surface area contributed by atoms with Gasteiger partial charge in [0.05, 0.1) is 10.5 Å². The minimum Gasteiger partial charge on any atom is -0.743 e. The average molecular weight is 635 g/mol. The molecular weight excluding hydrogens is 627 g/mol. The van der Waals surface area contributed by atoms with Gasteiger partial charge >= 0.3 is 17.2 Å². The summed E-state index contributed by atoms with van der Waals surface area (Å²) in [5, 5.41) is 6.17. The van der Waals surface area contributed by atoms with Crippen molar-refractivity contribution in [1.29, 1.82) is 0 Å². The molecule has 0 amide bonds. The zero-order valence-corrected chi connectivity index (χ0v) is 19.3. The van der Waals surface area contributed by atoms with Gasteiger partial charge in [-0.3, -0.25) is 10.1 Å². The number of benzene rings is 2. The van der Waals surface area contributed by atoms with Crippen molar-refractivity contribution < 1.29 is 45.7 Å². The number of nitro benzene ring substituents is 1. The van der Waals surface area contributed by atoms with Crippen LogP contribution in [0.2, 0.25) is 0 Å². The van der Waals surface area contributed by atoms with E-state index in [9.17, 15) is 41.5 Å². The lowest BCUT2D eigenvalue weighted by atomic mass is 10.1. The van der Waals surface area contributed by atoms with E-state index in [1.807, 2.05) is 22.6 Å². The Morgan fingerprint density at radius 3 is 2.35 bits per heavy atom. The Morgan fingerprint density at radius 2 is 1.77 bits per heavy atom. The van der Waals surface area contributed by atoms with Crippen LogP contribution in [0.5, 0.6) is 5.75 Å². The number of hydrogen-bond acceptors (Lipinski definition) is 9. The van der Waals surface area contributed by atoms with E-state index in [0.717, 1.165) is 12.1 Å². The van der Waals surface area contributed by atoms with Crippen LogP contribution in [0.4, 0.5) is 14.5 Å². The van der Waals surface area contributed by atoms with Gasteiger partial charge in [-0.15, -0.1) is 0 Å². The first-order chi connectivity index (χ1) is 14.2. The highest BCUT2D eigenvalue weighted by atomic mass is 127. The molecule has 2 rings (SSSR count). The molecule has 0 saturated carbocycles. The third-order valence-electron chi connectivity index (χ3n) is 3.48. The Morgan fingerprint density at radius 1 is 1.13 bits per heavy atom. The maximum absolute atomic E-state index is 13.2. The monoisotopic (exact) mass is 634 g/mol. The molecule has 166 valence electrons. The maximum Gasteiger partial charge on any atom is 0.367 e. The number of carbonyl (C=O) groups excluding carboxylic acids is 2. The van der Waals surface area contributed by atoms with Crippen LogP contribution in [0.15, 0.2) is 40.9 Å². The van der Waals surface area contributed by atoms with E-state index in [4.69, 9.17) is 4.74 Å². The second-order valence-electron chi connectivity index (χ2n) is 5.62.